The molecule has 0 saturated heterocycles. The molecule has 1 N–H and O–H groups in total. The number of aliphatic hydroxyl groups is 1. The summed E-state index contributed by atoms with van der Waals surface area (Å²) in [4.78, 5) is 26.8. The molecule has 5 nitrogen and oxygen atoms in total. The lowest BCUT2D eigenvalue weighted by Crippen LogP contribution is -2.41. The van der Waals surface area contributed by atoms with E-state index in [1.54, 1.807) is 4.57 Å². The molecule has 1 aromatic carbocycles. The van der Waals surface area contributed by atoms with Gasteiger partial charge in [0.2, 0.25) is 0 Å². The topological polar surface area (TPSA) is 64.2 Å². The van der Waals surface area contributed by atoms with Crippen LogP contribution >= 0.6 is 11.8 Å². The second-order valence-electron chi connectivity index (χ2n) is 7.13. The summed E-state index contributed by atoms with van der Waals surface area (Å²) in [5.41, 5.74) is 3.12. The van der Waals surface area contributed by atoms with E-state index in [2.05, 4.69) is 18.2 Å². The molecule has 3 rings (SSSR count). The Balaban J connectivity index is 2.27. The van der Waals surface area contributed by atoms with E-state index in [4.69, 9.17) is 0 Å². The molecule has 1 aromatic heterocycles. The fourth-order valence-corrected chi connectivity index (χ4v) is 5.04. The van der Waals surface area contributed by atoms with E-state index < -0.39 is 0 Å². The Labute approximate surface area is 163 Å². The van der Waals surface area contributed by atoms with E-state index in [1.807, 2.05) is 26.8 Å². The Bertz CT molecular complexity index is 997. The van der Waals surface area contributed by atoms with Crippen LogP contribution in [-0.4, -0.2) is 20.8 Å². The zero-order chi connectivity index (χ0) is 19.7. The SMILES string of the molecule is CCc1c(Sc2cc(C)cc(C)c2)n(C2=CCCC2CO)c(=O)n(C)c1=O. The van der Waals surface area contributed by atoms with Gasteiger partial charge in [0.1, 0.15) is 0 Å². The third kappa shape index (κ3) is 3.69. The third-order valence-electron chi connectivity index (χ3n) is 5.03. The minimum Gasteiger partial charge on any atom is -0.396 e. The van der Waals surface area contributed by atoms with Crippen LogP contribution in [0, 0.1) is 19.8 Å². The van der Waals surface area contributed by atoms with Crippen LogP contribution in [-0.2, 0) is 13.5 Å². The molecule has 0 saturated carbocycles. The molecule has 0 amide bonds. The van der Waals surface area contributed by atoms with Crippen LogP contribution in [0.2, 0.25) is 0 Å². The Morgan fingerprint density at radius 2 is 1.85 bits per heavy atom. The zero-order valence-corrected chi connectivity index (χ0v) is 17.1. The van der Waals surface area contributed by atoms with Gasteiger partial charge in [-0.2, -0.15) is 0 Å². The maximum Gasteiger partial charge on any atom is 0.335 e. The standard InChI is InChI=1S/C21H26N2O3S/c1-5-17-19(25)22(4)21(26)23(18-8-6-7-15(18)12-24)20(17)27-16-10-13(2)9-14(3)11-16/h8-11,15,24H,5-7,12H2,1-4H3. The number of nitrogens with zero attached hydrogens (tertiary/aromatic N) is 2. The largest absolute Gasteiger partial charge is 0.396 e. The molecule has 27 heavy (non-hydrogen) atoms. The monoisotopic (exact) mass is 386 g/mol. The third-order valence-corrected chi connectivity index (χ3v) is 6.12. The van der Waals surface area contributed by atoms with Crippen LogP contribution in [0.15, 0.2) is 43.8 Å². The molecule has 0 radical (unpaired) electrons. The molecule has 1 aliphatic rings. The zero-order valence-electron chi connectivity index (χ0n) is 16.3. The number of hydrogen-bond acceptors (Lipinski definition) is 4. The van der Waals surface area contributed by atoms with Gasteiger partial charge in [0, 0.05) is 29.1 Å². The van der Waals surface area contributed by atoms with Crippen LogP contribution in [0.25, 0.3) is 5.70 Å². The number of aliphatic hydroxyl groups excluding tert-OH is 1. The average molecular weight is 387 g/mol. The maximum atomic E-state index is 13.0. The molecule has 1 aliphatic carbocycles. The minimum atomic E-state index is -0.351. The molecular formula is C21H26N2O3S. The van der Waals surface area contributed by atoms with Crippen molar-refractivity contribution in [1.82, 2.24) is 9.13 Å². The van der Waals surface area contributed by atoms with Crippen molar-refractivity contribution in [3.8, 4) is 0 Å². The van der Waals surface area contributed by atoms with E-state index in [1.165, 1.54) is 23.4 Å². The molecule has 1 unspecified atom stereocenters. The molecule has 6 heteroatoms. The molecule has 144 valence electrons. The first-order chi connectivity index (χ1) is 12.9. The van der Waals surface area contributed by atoms with Crippen molar-refractivity contribution in [3.63, 3.8) is 0 Å². The number of hydrogen-bond donors (Lipinski definition) is 1. The fraction of sp³-hybridized carbons (Fsp3) is 0.429. The summed E-state index contributed by atoms with van der Waals surface area (Å²) in [6, 6.07) is 6.23. The smallest absolute Gasteiger partial charge is 0.335 e. The lowest BCUT2D eigenvalue weighted by Gasteiger charge is -2.21. The molecule has 1 heterocycles. The average Bonchev–Trinajstić information content (AvgIpc) is 3.08. The van der Waals surface area contributed by atoms with Gasteiger partial charge >= 0.3 is 5.69 Å². The van der Waals surface area contributed by atoms with Gasteiger partial charge in [0.15, 0.2) is 0 Å². The second-order valence-corrected chi connectivity index (χ2v) is 8.19. The van der Waals surface area contributed by atoms with E-state index in [0.717, 1.165) is 34.6 Å². The van der Waals surface area contributed by atoms with Crippen molar-refractivity contribution in [2.75, 3.05) is 6.61 Å². The van der Waals surface area contributed by atoms with Gasteiger partial charge in [-0.1, -0.05) is 30.8 Å². The Hall–Kier alpha value is -2.05. The lowest BCUT2D eigenvalue weighted by molar-refractivity contribution is 0.252. The quantitative estimate of drug-likeness (QED) is 0.802. The highest BCUT2D eigenvalue weighted by atomic mass is 32.2. The van der Waals surface area contributed by atoms with E-state index >= 15 is 0 Å². The highest BCUT2D eigenvalue weighted by Crippen LogP contribution is 2.36. The fourth-order valence-electron chi connectivity index (χ4n) is 3.70. The summed E-state index contributed by atoms with van der Waals surface area (Å²) in [6.45, 7) is 6.01. The number of benzene rings is 1. The number of allylic oxidation sites excluding steroid dienone is 1. The molecule has 0 aliphatic heterocycles. The van der Waals surface area contributed by atoms with Crippen LogP contribution in [0.4, 0.5) is 0 Å². The Kier molecular flexibility index (Phi) is 5.77. The highest BCUT2D eigenvalue weighted by molar-refractivity contribution is 7.99. The maximum absolute atomic E-state index is 13.0. The number of aryl methyl sites for hydroxylation is 2. The summed E-state index contributed by atoms with van der Waals surface area (Å²) in [6.07, 6.45) is 4.19. The van der Waals surface area contributed by atoms with E-state index in [-0.39, 0.29) is 23.8 Å². The van der Waals surface area contributed by atoms with Crippen molar-refractivity contribution in [2.24, 2.45) is 13.0 Å². The second kappa shape index (κ2) is 7.90. The van der Waals surface area contributed by atoms with Crippen molar-refractivity contribution in [3.05, 3.63) is 61.8 Å². The first-order valence-corrected chi connectivity index (χ1v) is 10.1. The number of rotatable bonds is 5. The Morgan fingerprint density at radius 1 is 1.19 bits per heavy atom. The minimum absolute atomic E-state index is 0.00374. The van der Waals surface area contributed by atoms with Crippen LogP contribution < -0.4 is 11.2 Å². The van der Waals surface area contributed by atoms with Gasteiger partial charge in [0.25, 0.3) is 5.56 Å². The molecule has 0 fully saturated rings. The van der Waals surface area contributed by atoms with Crippen molar-refractivity contribution in [2.45, 2.75) is 50.0 Å². The first-order valence-electron chi connectivity index (χ1n) is 9.29. The molecule has 2 aromatic rings. The van der Waals surface area contributed by atoms with Gasteiger partial charge in [-0.3, -0.25) is 13.9 Å². The normalized spacial score (nSPS) is 16.6. The van der Waals surface area contributed by atoms with Crippen molar-refractivity contribution < 1.29 is 5.11 Å². The molecule has 1 atom stereocenters. The molecule has 0 spiro atoms. The van der Waals surface area contributed by atoms with Crippen molar-refractivity contribution in [1.29, 1.82) is 0 Å². The van der Waals surface area contributed by atoms with Gasteiger partial charge in [-0.25, -0.2) is 4.79 Å². The highest BCUT2D eigenvalue weighted by Gasteiger charge is 2.26. The van der Waals surface area contributed by atoms with Gasteiger partial charge in [-0.15, -0.1) is 0 Å². The van der Waals surface area contributed by atoms with Crippen LogP contribution in [0.1, 0.15) is 36.5 Å². The summed E-state index contributed by atoms with van der Waals surface area (Å²) in [7, 11) is 1.52. The van der Waals surface area contributed by atoms with Crippen LogP contribution in [0.5, 0.6) is 0 Å². The van der Waals surface area contributed by atoms with Gasteiger partial charge in [0.05, 0.1) is 11.6 Å². The molecular weight excluding hydrogens is 360 g/mol. The number of aromatic nitrogens is 2. The predicted octanol–water partition coefficient (Wildman–Crippen LogP) is 3.12. The lowest BCUT2D eigenvalue weighted by atomic mass is 10.1. The summed E-state index contributed by atoms with van der Waals surface area (Å²) >= 11 is 1.46. The van der Waals surface area contributed by atoms with Gasteiger partial charge < -0.3 is 5.11 Å². The Morgan fingerprint density at radius 3 is 2.44 bits per heavy atom. The predicted molar refractivity (Wildman–Crippen MR) is 109 cm³/mol. The van der Waals surface area contributed by atoms with E-state index in [0.29, 0.717) is 17.0 Å². The van der Waals surface area contributed by atoms with Crippen molar-refractivity contribution >= 4 is 17.5 Å². The van der Waals surface area contributed by atoms with Crippen LogP contribution in [0.3, 0.4) is 0 Å². The first kappa shape index (κ1) is 19.7. The summed E-state index contributed by atoms with van der Waals surface area (Å²) in [5, 5.41) is 10.4. The van der Waals surface area contributed by atoms with E-state index in [9.17, 15) is 14.7 Å². The summed E-state index contributed by atoms with van der Waals surface area (Å²) in [5.74, 6) is -0.0801. The molecule has 0 bridgehead atoms. The van der Waals surface area contributed by atoms with Gasteiger partial charge in [-0.05, 0) is 56.4 Å². The summed E-state index contributed by atoms with van der Waals surface area (Å²) < 4.78 is 2.83.